The summed E-state index contributed by atoms with van der Waals surface area (Å²) in [6, 6.07) is 10.3. The third-order valence-corrected chi connectivity index (χ3v) is 3.67. The van der Waals surface area contributed by atoms with Crippen molar-refractivity contribution in [1.82, 2.24) is 0 Å². The molecule has 0 saturated carbocycles. The van der Waals surface area contributed by atoms with Crippen molar-refractivity contribution >= 4 is 22.7 Å². The topological polar surface area (TPSA) is 13.1 Å². The highest BCUT2D eigenvalue weighted by Crippen LogP contribution is 2.36. The molecule has 1 heterocycles. The van der Waals surface area contributed by atoms with Crippen LogP contribution in [0.1, 0.15) is 19.3 Å². The van der Waals surface area contributed by atoms with Crippen molar-refractivity contribution in [2.75, 3.05) is 0 Å². The van der Waals surface area contributed by atoms with E-state index in [1.165, 1.54) is 29.6 Å². The lowest BCUT2D eigenvalue weighted by Crippen LogP contribution is -1.67. The second kappa shape index (κ2) is 3.78. The summed E-state index contributed by atoms with van der Waals surface area (Å²) < 4.78 is 5.75. The van der Waals surface area contributed by atoms with E-state index in [0.717, 1.165) is 10.7 Å². The first-order valence-electron chi connectivity index (χ1n) is 5.27. The summed E-state index contributed by atoms with van der Waals surface area (Å²) in [4.78, 5) is 1.45. The molecule has 0 unspecified atom stereocenters. The van der Waals surface area contributed by atoms with Crippen LogP contribution in [0.5, 0.6) is 0 Å². The largest absolute Gasteiger partial charge is 0.450 e. The second-order valence-corrected chi connectivity index (χ2v) is 4.90. The molecule has 15 heavy (non-hydrogen) atoms. The van der Waals surface area contributed by atoms with E-state index in [2.05, 4.69) is 18.2 Å². The summed E-state index contributed by atoms with van der Waals surface area (Å²) in [7, 11) is 0. The fourth-order valence-electron chi connectivity index (χ4n) is 1.87. The molecule has 0 spiro atoms. The highest BCUT2D eigenvalue weighted by atomic mass is 32.2. The summed E-state index contributed by atoms with van der Waals surface area (Å²) in [6.45, 7) is 0. The summed E-state index contributed by atoms with van der Waals surface area (Å²) >= 11 is 1.77. The molecule has 0 atom stereocenters. The van der Waals surface area contributed by atoms with E-state index >= 15 is 0 Å². The van der Waals surface area contributed by atoms with Gasteiger partial charge in [-0.3, -0.25) is 0 Å². The Labute approximate surface area is 93.2 Å². The predicted octanol–water partition coefficient (Wildman–Crippen LogP) is 4.59. The molecule has 0 radical (unpaired) electrons. The van der Waals surface area contributed by atoms with Gasteiger partial charge in [0.15, 0.2) is 5.09 Å². The molecule has 1 nitrogen and oxygen atoms in total. The molecule has 0 bridgehead atoms. The lowest BCUT2D eigenvalue weighted by molar-refractivity contribution is 0.516. The summed E-state index contributed by atoms with van der Waals surface area (Å²) in [5.41, 5.74) is 0.985. The molecule has 0 aliphatic heterocycles. The molecule has 1 aliphatic carbocycles. The van der Waals surface area contributed by atoms with Crippen molar-refractivity contribution in [3.63, 3.8) is 0 Å². The molecule has 0 saturated heterocycles. The Morgan fingerprint density at radius 2 is 2.13 bits per heavy atom. The van der Waals surface area contributed by atoms with Crippen LogP contribution < -0.4 is 0 Å². The Hall–Kier alpha value is -1.15. The highest BCUT2D eigenvalue weighted by molar-refractivity contribution is 8.03. The molecule has 0 amide bonds. The van der Waals surface area contributed by atoms with E-state index in [1.54, 1.807) is 11.8 Å². The van der Waals surface area contributed by atoms with E-state index < -0.39 is 0 Å². The van der Waals surface area contributed by atoms with E-state index in [4.69, 9.17) is 4.42 Å². The van der Waals surface area contributed by atoms with Gasteiger partial charge in [0.2, 0.25) is 0 Å². The van der Waals surface area contributed by atoms with E-state index in [-0.39, 0.29) is 0 Å². The van der Waals surface area contributed by atoms with E-state index in [9.17, 15) is 0 Å². The van der Waals surface area contributed by atoms with Crippen molar-refractivity contribution in [3.05, 3.63) is 41.3 Å². The van der Waals surface area contributed by atoms with Crippen LogP contribution >= 0.6 is 11.8 Å². The van der Waals surface area contributed by atoms with E-state index in [1.807, 2.05) is 18.2 Å². The number of allylic oxidation sites excluding steroid dienone is 2. The zero-order chi connectivity index (χ0) is 10.1. The van der Waals surface area contributed by atoms with Gasteiger partial charge in [-0.25, -0.2) is 0 Å². The predicted molar refractivity (Wildman–Crippen MR) is 64.0 cm³/mol. The second-order valence-electron chi connectivity index (χ2n) is 3.77. The maximum Gasteiger partial charge on any atom is 0.166 e. The maximum atomic E-state index is 5.75. The smallest absolute Gasteiger partial charge is 0.166 e. The van der Waals surface area contributed by atoms with Gasteiger partial charge in [0.05, 0.1) is 0 Å². The first kappa shape index (κ1) is 9.10. The zero-order valence-corrected chi connectivity index (χ0v) is 9.22. The SMILES string of the molecule is C1=C(Sc2cc3ccccc3o2)CCC1. The lowest BCUT2D eigenvalue weighted by Gasteiger charge is -1.95. The molecule has 1 aliphatic rings. The van der Waals surface area contributed by atoms with Crippen molar-refractivity contribution in [2.24, 2.45) is 0 Å². The van der Waals surface area contributed by atoms with Crippen molar-refractivity contribution in [1.29, 1.82) is 0 Å². The molecule has 1 aromatic carbocycles. The van der Waals surface area contributed by atoms with Gasteiger partial charge < -0.3 is 4.42 Å². The Morgan fingerprint density at radius 3 is 2.93 bits per heavy atom. The van der Waals surface area contributed by atoms with Crippen LogP contribution in [-0.2, 0) is 0 Å². The number of hydrogen-bond acceptors (Lipinski definition) is 2. The van der Waals surface area contributed by atoms with Gasteiger partial charge >= 0.3 is 0 Å². The van der Waals surface area contributed by atoms with Crippen LogP contribution in [0.4, 0.5) is 0 Å². The molecular formula is C13H12OS. The molecular weight excluding hydrogens is 204 g/mol. The minimum Gasteiger partial charge on any atom is -0.450 e. The Balaban J connectivity index is 1.91. The normalized spacial score (nSPS) is 15.9. The Bertz CT molecular complexity index is 477. The average Bonchev–Trinajstić information content (AvgIpc) is 2.86. The van der Waals surface area contributed by atoms with Crippen molar-refractivity contribution in [2.45, 2.75) is 24.4 Å². The summed E-state index contributed by atoms with van der Waals surface area (Å²) in [5.74, 6) is 0. The Morgan fingerprint density at radius 1 is 1.20 bits per heavy atom. The maximum absolute atomic E-state index is 5.75. The fourth-order valence-corrected chi connectivity index (χ4v) is 2.89. The van der Waals surface area contributed by atoms with Gasteiger partial charge in [0.1, 0.15) is 5.58 Å². The third-order valence-electron chi connectivity index (χ3n) is 2.63. The van der Waals surface area contributed by atoms with Crippen LogP contribution in [-0.4, -0.2) is 0 Å². The fraction of sp³-hybridized carbons (Fsp3) is 0.231. The average molecular weight is 216 g/mol. The van der Waals surface area contributed by atoms with Gasteiger partial charge in [-0.05, 0) is 36.3 Å². The molecule has 0 N–H and O–H groups in total. The van der Waals surface area contributed by atoms with Crippen LogP contribution in [0.25, 0.3) is 11.0 Å². The quantitative estimate of drug-likeness (QED) is 0.728. The van der Waals surface area contributed by atoms with Crippen LogP contribution in [0.2, 0.25) is 0 Å². The minimum atomic E-state index is 0.985. The van der Waals surface area contributed by atoms with Crippen LogP contribution in [0.15, 0.2) is 50.8 Å². The van der Waals surface area contributed by atoms with Gasteiger partial charge in [0.25, 0.3) is 0 Å². The number of hydrogen-bond donors (Lipinski definition) is 0. The number of benzene rings is 1. The number of para-hydroxylation sites is 1. The monoisotopic (exact) mass is 216 g/mol. The number of rotatable bonds is 2. The van der Waals surface area contributed by atoms with Crippen molar-refractivity contribution in [3.8, 4) is 0 Å². The molecule has 2 aromatic rings. The molecule has 1 aromatic heterocycles. The zero-order valence-electron chi connectivity index (χ0n) is 8.40. The molecule has 2 heteroatoms. The van der Waals surface area contributed by atoms with E-state index in [0.29, 0.717) is 0 Å². The first-order valence-corrected chi connectivity index (χ1v) is 6.09. The van der Waals surface area contributed by atoms with Gasteiger partial charge in [-0.2, -0.15) is 0 Å². The highest BCUT2D eigenvalue weighted by Gasteiger charge is 2.09. The molecule has 76 valence electrons. The van der Waals surface area contributed by atoms with Gasteiger partial charge in [-0.1, -0.05) is 36.0 Å². The third kappa shape index (κ3) is 1.82. The number of furan rings is 1. The first-order chi connectivity index (χ1) is 7.42. The number of thioether (sulfide) groups is 1. The summed E-state index contributed by atoms with van der Waals surface area (Å²) in [5, 5.41) is 2.21. The van der Waals surface area contributed by atoms with Crippen LogP contribution in [0.3, 0.4) is 0 Å². The lowest BCUT2D eigenvalue weighted by atomic mass is 10.3. The van der Waals surface area contributed by atoms with Gasteiger partial charge in [-0.15, -0.1) is 0 Å². The van der Waals surface area contributed by atoms with Crippen molar-refractivity contribution < 1.29 is 4.42 Å². The number of fused-ring (bicyclic) bond motifs is 1. The standard InChI is InChI=1S/C13H12OS/c1-4-8-12-10(5-1)9-13(14-12)15-11-6-2-3-7-11/h1,4-6,8-9H,2-3,7H2. The summed E-state index contributed by atoms with van der Waals surface area (Å²) in [6.07, 6.45) is 6.05. The van der Waals surface area contributed by atoms with Gasteiger partial charge in [0, 0.05) is 5.39 Å². The minimum absolute atomic E-state index is 0.985. The molecule has 0 fully saturated rings. The van der Waals surface area contributed by atoms with Crippen LogP contribution in [0, 0.1) is 0 Å². The molecule has 3 rings (SSSR count). The Kier molecular flexibility index (Phi) is 2.29.